The zero-order valence-electron chi connectivity index (χ0n) is 48.4. The Morgan fingerprint density at radius 1 is 0.169 bits per heavy atom. The normalized spacial score (nSPS) is 13.1. The molecule has 0 heterocycles. The first-order valence-corrected chi connectivity index (χ1v) is 30.3. The Morgan fingerprint density at radius 3 is 0.831 bits per heavy atom. The van der Waals surface area contributed by atoms with E-state index in [0.717, 1.165) is 62.3 Å². The van der Waals surface area contributed by atoms with E-state index in [1.807, 2.05) is 0 Å². The highest BCUT2D eigenvalue weighted by molar-refractivity contribution is 5.98. The van der Waals surface area contributed by atoms with Crippen molar-refractivity contribution in [2.75, 3.05) is 14.7 Å². The topological polar surface area (TPSA) is 9.72 Å². The number of hydrogen-bond acceptors (Lipinski definition) is 3. The summed E-state index contributed by atoms with van der Waals surface area (Å²) in [5.41, 5.74) is 28.4. The minimum absolute atomic E-state index is 0. The summed E-state index contributed by atoms with van der Waals surface area (Å²) < 4.78 is 0. The van der Waals surface area contributed by atoms with Gasteiger partial charge in [-0.05, 0) is 198 Å². The van der Waals surface area contributed by atoms with E-state index in [4.69, 9.17) is 0 Å². The number of fused-ring (bicyclic) bond motifs is 10. The molecule has 1 spiro atoms. The van der Waals surface area contributed by atoms with Crippen LogP contribution in [0, 0.1) is 0 Å². The molecular weight excluding hydrogens is 1070 g/mol. The van der Waals surface area contributed by atoms with Gasteiger partial charge in [-0.15, -0.1) is 0 Å². The van der Waals surface area contributed by atoms with Gasteiger partial charge in [0.15, 0.2) is 0 Å². The summed E-state index contributed by atoms with van der Waals surface area (Å²) in [4.78, 5) is 7.23. The smallest absolute Gasteiger partial charge is 0.0726 e. The molecule has 1 unspecified atom stereocenters. The minimum atomic E-state index is -0.642. The molecule has 0 saturated carbocycles. The van der Waals surface area contributed by atoms with Crippen molar-refractivity contribution < 1.29 is 1.43 Å². The number of para-hydroxylation sites is 3. The molecule has 14 aromatic carbocycles. The van der Waals surface area contributed by atoms with Gasteiger partial charge in [-0.2, -0.15) is 0 Å². The zero-order chi connectivity index (χ0) is 58.4. The zero-order valence-corrected chi connectivity index (χ0v) is 48.4. The van der Waals surface area contributed by atoms with Crippen LogP contribution in [0.15, 0.2) is 358 Å². The molecule has 2 aliphatic rings. The van der Waals surface area contributed by atoms with E-state index in [1.165, 1.54) is 77.9 Å². The Labute approximate surface area is 524 Å². The van der Waals surface area contributed by atoms with Crippen LogP contribution in [0.5, 0.6) is 0 Å². The SMILES string of the molecule is C.[HH].c1ccc(-c2ccc(N(c3ccccc3)c3cc(-c4ccc5c(c4)C4(c6ccccc6-5)c5ccccc5-c5ccc(N(c6ccccc6)c6ccc(-c7ccccc7)cc6)cc54)cc(N(c4ccccc4)c4ccc(-c5ccccc5)cc4)c3)cc2)cc1. The van der Waals surface area contributed by atoms with E-state index in [0.29, 0.717) is 0 Å². The van der Waals surface area contributed by atoms with Crippen molar-refractivity contribution in [2.45, 2.75) is 12.8 Å². The van der Waals surface area contributed by atoms with Crippen LogP contribution in [-0.2, 0) is 5.41 Å². The Bertz CT molecular complexity index is 4650. The Kier molecular flexibility index (Phi) is 14.0. The van der Waals surface area contributed by atoms with Gasteiger partial charge in [-0.1, -0.05) is 256 Å². The number of anilines is 9. The Balaban J connectivity index is 0.00000354. The fraction of sp³-hybridized carbons (Fsp3) is 0.0233. The van der Waals surface area contributed by atoms with Crippen molar-refractivity contribution in [2.24, 2.45) is 0 Å². The highest BCUT2D eigenvalue weighted by Gasteiger charge is 2.52. The van der Waals surface area contributed by atoms with Crippen molar-refractivity contribution in [3.63, 3.8) is 0 Å². The summed E-state index contributed by atoms with van der Waals surface area (Å²) in [7, 11) is 0. The van der Waals surface area contributed by atoms with Crippen molar-refractivity contribution in [3.05, 3.63) is 380 Å². The second-order valence-corrected chi connectivity index (χ2v) is 22.8. The number of rotatable bonds is 13. The van der Waals surface area contributed by atoms with E-state index in [1.54, 1.807) is 0 Å². The second-order valence-electron chi connectivity index (χ2n) is 22.8. The predicted molar refractivity (Wildman–Crippen MR) is 377 cm³/mol. The first-order valence-electron chi connectivity index (χ1n) is 30.3. The van der Waals surface area contributed by atoms with E-state index in [9.17, 15) is 0 Å². The van der Waals surface area contributed by atoms with Crippen molar-refractivity contribution >= 4 is 51.2 Å². The summed E-state index contributed by atoms with van der Waals surface area (Å²) in [6.07, 6.45) is 0. The van der Waals surface area contributed by atoms with Gasteiger partial charge in [0.05, 0.1) is 5.41 Å². The van der Waals surface area contributed by atoms with Crippen molar-refractivity contribution in [3.8, 4) is 66.8 Å². The molecule has 424 valence electrons. The molecule has 0 radical (unpaired) electrons. The van der Waals surface area contributed by atoms with Crippen LogP contribution in [0.2, 0.25) is 0 Å². The molecule has 0 amide bonds. The number of benzene rings is 14. The maximum Gasteiger partial charge on any atom is 0.0726 e. The molecule has 14 aromatic rings. The van der Waals surface area contributed by atoms with Crippen LogP contribution in [-0.4, -0.2) is 0 Å². The van der Waals surface area contributed by atoms with Gasteiger partial charge < -0.3 is 14.7 Å². The van der Waals surface area contributed by atoms with E-state index < -0.39 is 5.41 Å². The summed E-state index contributed by atoms with van der Waals surface area (Å²) in [6, 6.07) is 131. The van der Waals surface area contributed by atoms with Gasteiger partial charge in [0.2, 0.25) is 0 Å². The van der Waals surface area contributed by atoms with Crippen molar-refractivity contribution in [1.82, 2.24) is 0 Å². The summed E-state index contributed by atoms with van der Waals surface area (Å²) >= 11 is 0. The quantitative estimate of drug-likeness (QED) is 0.114. The third kappa shape index (κ3) is 9.58. The maximum absolute atomic E-state index is 2.52. The Morgan fingerprint density at radius 2 is 0.438 bits per heavy atom. The van der Waals surface area contributed by atoms with E-state index in [-0.39, 0.29) is 8.85 Å². The van der Waals surface area contributed by atoms with Gasteiger partial charge in [-0.3, -0.25) is 0 Å². The summed E-state index contributed by atoms with van der Waals surface area (Å²) in [6.45, 7) is 0. The molecular formula is C86H65N3. The van der Waals surface area contributed by atoms with Gasteiger partial charge >= 0.3 is 0 Å². The molecule has 0 saturated heterocycles. The van der Waals surface area contributed by atoms with Crippen LogP contribution >= 0.6 is 0 Å². The van der Waals surface area contributed by atoms with Gasteiger partial charge in [0.25, 0.3) is 0 Å². The molecule has 0 N–H and O–H groups in total. The standard InChI is InChI=1S/C85H59N3.CH4.H2/c1-7-23-60(24-8-1)63-39-46-71(47-40-63)86(68-29-13-4-14-30-68)74-52-54-80-78-36-20-22-38-82(78)85(84(80)59-74)81-37-21-19-35-77(81)79-53-45-66(57-83(79)85)67-55-75(87(69-31-15-5-16-32-69)72-48-41-64(42-49-72)61-25-9-2-10-26-61)58-76(56-67)88(70-33-17-6-18-34-70)73-50-43-65(44-51-73)62-27-11-3-12-28-62;;/h1-59H;1H4;1H. The molecule has 0 aliphatic heterocycles. The van der Waals surface area contributed by atoms with Crippen LogP contribution in [0.1, 0.15) is 31.1 Å². The van der Waals surface area contributed by atoms with Crippen LogP contribution in [0.3, 0.4) is 0 Å². The average molecular weight is 1140 g/mol. The summed E-state index contributed by atoms with van der Waals surface area (Å²) in [5.74, 6) is 0. The maximum atomic E-state index is 2.52. The minimum Gasteiger partial charge on any atom is -0.310 e. The fourth-order valence-electron chi connectivity index (χ4n) is 13.8. The first kappa shape index (κ1) is 54.2. The highest BCUT2D eigenvalue weighted by atomic mass is 15.2. The Hall–Kier alpha value is -11.5. The van der Waals surface area contributed by atoms with Gasteiger partial charge in [0.1, 0.15) is 0 Å². The van der Waals surface area contributed by atoms with E-state index >= 15 is 0 Å². The monoisotopic (exact) mass is 1140 g/mol. The number of nitrogens with zero attached hydrogens (tertiary/aromatic N) is 3. The molecule has 3 heteroatoms. The fourth-order valence-corrected chi connectivity index (χ4v) is 13.8. The van der Waals surface area contributed by atoms with E-state index in [2.05, 4.69) is 373 Å². The molecule has 0 fully saturated rings. The molecule has 1 atom stereocenters. The first-order chi connectivity index (χ1) is 43.6. The van der Waals surface area contributed by atoms with Crippen LogP contribution in [0.25, 0.3) is 66.8 Å². The lowest BCUT2D eigenvalue weighted by atomic mass is 9.70. The molecule has 3 nitrogen and oxygen atoms in total. The highest BCUT2D eigenvalue weighted by Crippen LogP contribution is 2.64. The predicted octanol–water partition coefficient (Wildman–Crippen LogP) is 24.0. The molecule has 16 rings (SSSR count). The largest absolute Gasteiger partial charge is 0.310 e. The average Bonchev–Trinajstić information content (AvgIpc) is 1.51. The van der Waals surface area contributed by atoms with Crippen LogP contribution < -0.4 is 14.7 Å². The van der Waals surface area contributed by atoms with Crippen LogP contribution in [0.4, 0.5) is 51.2 Å². The third-order valence-corrected chi connectivity index (χ3v) is 17.8. The lowest BCUT2D eigenvalue weighted by molar-refractivity contribution is 0.794. The second kappa shape index (κ2) is 23.1. The van der Waals surface area contributed by atoms with Crippen molar-refractivity contribution in [1.29, 1.82) is 0 Å². The molecule has 0 bridgehead atoms. The third-order valence-electron chi connectivity index (χ3n) is 17.8. The number of hydrogen-bond donors (Lipinski definition) is 0. The lowest BCUT2D eigenvalue weighted by Gasteiger charge is -2.33. The molecule has 89 heavy (non-hydrogen) atoms. The molecule has 0 aromatic heterocycles. The van der Waals surface area contributed by atoms with Gasteiger partial charge in [-0.25, -0.2) is 0 Å². The molecule has 2 aliphatic carbocycles. The van der Waals surface area contributed by atoms with Gasteiger partial charge in [0, 0.05) is 52.6 Å². The summed E-state index contributed by atoms with van der Waals surface area (Å²) in [5, 5.41) is 0. The lowest BCUT2D eigenvalue weighted by Crippen LogP contribution is -2.26.